The molecule has 0 aliphatic rings. The Bertz CT molecular complexity index is 275. The zero-order valence-corrected chi connectivity index (χ0v) is 7.34. The van der Waals surface area contributed by atoms with E-state index < -0.39 is 0 Å². The number of carbonyl (C=O) groups excluding carboxylic acids is 1. The second-order valence-corrected chi connectivity index (χ2v) is 2.82. The predicted octanol–water partition coefficient (Wildman–Crippen LogP) is 0.985. The summed E-state index contributed by atoms with van der Waals surface area (Å²) in [6.07, 6.45) is 1.56. The van der Waals surface area contributed by atoms with Crippen molar-refractivity contribution in [2.24, 2.45) is 5.73 Å². The number of nitrogens with zero attached hydrogens (tertiary/aromatic N) is 1. The quantitative estimate of drug-likeness (QED) is 0.748. The van der Waals surface area contributed by atoms with Crippen molar-refractivity contribution in [3.05, 3.63) is 28.5 Å². The lowest BCUT2D eigenvalue weighted by Gasteiger charge is -1.97. The maximum Gasteiger partial charge on any atom is 0.195 e. The molecule has 0 aliphatic heterocycles. The first-order valence-electron chi connectivity index (χ1n) is 3.09. The molecule has 0 fully saturated rings. The topological polar surface area (TPSA) is 56.0 Å². The van der Waals surface area contributed by atoms with E-state index in [1.165, 1.54) is 0 Å². The molecule has 58 valence electrons. The summed E-state index contributed by atoms with van der Waals surface area (Å²) in [5.74, 6) is -0.155. The Morgan fingerprint density at radius 2 is 2.45 bits per heavy atom. The van der Waals surface area contributed by atoms with Crippen molar-refractivity contribution in [2.45, 2.75) is 0 Å². The number of aromatic nitrogens is 1. The molecule has 1 rings (SSSR count). The maximum atomic E-state index is 11.0. The minimum Gasteiger partial charge on any atom is -0.324 e. The second-order valence-electron chi connectivity index (χ2n) is 1.96. The van der Waals surface area contributed by atoms with E-state index in [0.29, 0.717) is 10.2 Å². The molecule has 1 aromatic rings. The predicted molar refractivity (Wildman–Crippen MR) is 45.3 cm³/mol. The Balaban J connectivity index is 3.03. The molecule has 0 amide bonds. The van der Waals surface area contributed by atoms with Crippen molar-refractivity contribution in [2.75, 3.05) is 6.54 Å². The lowest BCUT2D eigenvalue weighted by Crippen LogP contribution is -2.15. The Morgan fingerprint density at radius 1 is 1.73 bits per heavy atom. The van der Waals surface area contributed by atoms with Gasteiger partial charge in [-0.2, -0.15) is 0 Å². The fourth-order valence-electron chi connectivity index (χ4n) is 0.688. The van der Waals surface area contributed by atoms with Gasteiger partial charge in [0.1, 0.15) is 5.69 Å². The number of hydrogen-bond donors (Lipinski definition) is 1. The minimum atomic E-state index is -0.155. The number of Topliss-reactive ketones (excluding diaryl/α,β-unsaturated/α-hetero) is 1. The van der Waals surface area contributed by atoms with Gasteiger partial charge in [-0.05, 0) is 28.1 Å². The van der Waals surface area contributed by atoms with Gasteiger partial charge in [-0.1, -0.05) is 0 Å². The molecule has 1 heterocycles. The van der Waals surface area contributed by atoms with E-state index in [-0.39, 0.29) is 12.3 Å². The molecule has 2 N–H and O–H groups in total. The number of carbonyl (C=O) groups is 1. The van der Waals surface area contributed by atoms with E-state index in [1.54, 1.807) is 18.3 Å². The van der Waals surface area contributed by atoms with Gasteiger partial charge >= 0.3 is 0 Å². The first-order chi connectivity index (χ1) is 5.25. The van der Waals surface area contributed by atoms with Gasteiger partial charge in [0.2, 0.25) is 0 Å². The van der Waals surface area contributed by atoms with E-state index in [1.807, 2.05) is 0 Å². The summed E-state index contributed by atoms with van der Waals surface area (Å²) in [6, 6.07) is 3.51. The Morgan fingerprint density at radius 3 is 3.00 bits per heavy atom. The Kier molecular flexibility index (Phi) is 2.73. The molecule has 0 saturated carbocycles. The van der Waals surface area contributed by atoms with Crippen molar-refractivity contribution in [1.29, 1.82) is 0 Å². The van der Waals surface area contributed by atoms with Gasteiger partial charge in [0, 0.05) is 10.7 Å². The summed E-state index contributed by atoms with van der Waals surface area (Å²) < 4.78 is 0.690. The standard InChI is InChI=1S/C7H7BrN2O/c8-5-2-1-3-10-7(5)6(11)4-9/h1-3H,4,9H2. The zero-order chi connectivity index (χ0) is 8.27. The van der Waals surface area contributed by atoms with Crippen LogP contribution in [0.1, 0.15) is 10.5 Å². The summed E-state index contributed by atoms with van der Waals surface area (Å²) in [6.45, 7) is -0.00435. The van der Waals surface area contributed by atoms with Crippen LogP contribution in [0.25, 0.3) is 0 Å². The number of ketones is 1. The van der Waals surface area contributed by atoms with Crippen LogP contribution in [0, 0.1) is 0 Å². The number of pyridine rings is 1. The fourth-order valence-corrected chi connectivity index (χ4v) is 1.16. The van der Waals surface area contributed by atoms with Gasteiger partial charge in [-0.25, -0.2) is 0 Å². The molecule has 0 spiro atoms. The highest BCUT2D eigenvalue weighted by atomic mass is 79.9. The fraction of sp³-hybridized carbons (Fsp3) is 0.143. The van der Waals surface area contributed by atoms with Crippen LogP contribution < -0.4 is 5.73 Å². The van der Waals surface area contributed by atoms with Crippen molar-refractivity contribution >= 4 is 21.7 Å². The SMILES string of the molecule is NCC(=O)c1ncccc1Br. The van der Waals surface area contributed by atoms with E-state index in [2.05, 4.69) is 20.9 Å². The summed E-state index contributed by atoms with van der Waals surface area (Å²) >= 11 is 3.20. The van der Waals surface area contributed by atoms with Crippen LogP contribution in [0.3, 0.4) is 0 Å². The van der Waals surface area contributed by atoms with Gasteiger partial charge < -0.3 is 5.73 Å². The number of nitrogens with two attached hydrogens (primary N) is 1. The van der Waals surface area contributed by atoms with Crippen molar-refractivity contribution < 1.29 is 4.79 Å². The average molecular weight is 215 g/mol. The van der Waals surface area contributed by atoms with Crippen LogP contribution in [-0.2, 0) is 0 Å². The van der Waals surface area contributed by atoms with Crippen LogP contribution in [0.5, 0.6) is 0 Å². The summed E-state index contributed by atoms with van der Waals surface area (Å²) in [5.41, 5.74) is 5.56. The lowest BCUT2D eigenvalue weighted by atomic mass is 10.2. The first-order valence-corrected chi connectivity index (χ1v) is 3.89. The molecule has 0 unspecified atom stereocenters. The first kappa shape index (κ1) is 8.36. The highest BCUT2D eigenvalue weighted by molar-refractivity contribution is 9.10. The summed E-state index contributed by atoms with van der Waals surface area (Å²) in [7, 11) is 0. The van der Waals surface area contributed by atoms with Gasteiger partial charge in [0.05, 0.1) is 6.54 Å². The molecule has 0 bridgehead atoms. The molecule has 3 nitrogen and oxygen atoms in total. The molecular weight excluding hydrogens is 208 g/mol. The second kappa shape index (κ2) is 3.59. The van der Waals surface area contributed by atoms with E-state index in [4.69, 9.17) is 5.73 Å². The molecular formula is C7H7BrN2O. The van der Waals surface area contributed by atoms with E-state index in [9.17, 15) is 4.79 Å². The van der Waals surface area contributed by atoms with Gasteiger partial charge in [0.15, 0.2) is 5.78 Å². The monoisotopic (exact) mass is 214 g/mol. The zero-order valence-electron chi connectivity index (χ0n) is 5.75. The molecule has 4 heteroatoms. The van der Waals surface area contributed by atoms with Gasteiger partial charge in [-0.15, -0.1) is 0 Å². The van der Waals surface area contributed by atoms with Crippen molar-refractivity contribution in [1.82, 2.24) is 4.98 Å². The van der Waals surface area contributed by atoms with Crippen LogP contribution in [0.15, 0.2) is 22.8 Å². The van der Waals surface area contributed by atoms with Crippen LogP contribution in [-0.4, -0.2) is 17.3 Å². The van der Waals surface area contributed by atoms with Gasteiger partial charge in [0.25, 0.3) is 0 Å². The molecule has 11 heavy (non-hydrogen) atoms. The van der Waals surface area contributed by atoms with E-state index in [0.717, 1.165) is 0 Å². The largest absolute Gasteiger partial charge is 0.324 e. The normalized spacial score (nSPS) is 9.64. The minimum absolute atomic E-state index is 0.00435. The van der Waals surface area contributed by atoms with Gasteiger partial charge in [-0.3, -0.25) is 9.78 Å². The Hall–Kier alpha value is -0.740. The molecule has 0 saturated heterocycles. The number of halogens is 1. The third-order valence-electron chi connectivity index (χ3n) is 1.21. The molecule has 0 atom stereocenters. The summed E-state index contributed by atoms with van der Waals surface area (Å²) in [4.78, 5) is 14.9. The maximum absolute atomic E-state index is 11.0. The molecule has 0 aliphatic carbocycles. The smallest absolute Gasteiger partial charge is 0.195 e. The number of rotatable bonds is 2. The van der Waals surface area contributed by atoms with Crippen LogP contribution >= 0.6 is 15.9 Å². The molecule has 1 aromatic heterocycles. The third-order valence-corrected chi connectivity index (χ3v) is 1.85. The number of hydrogen-bond acceptors (Lipinski definition) is 3. The summed E-state index contributed by atoms with van der Waals surface area (Å²) in [5, 5.41) is 0. The lowest BCUT2D eigenvalue weighted by molar-refractivity contribution is 0.0996. The molecule has 0 radical (unpaired) electrons. The van der Waals surface area contributed by atoms with E-state index >= 15 is 0 Å². The average Bonchev–Trinajstić information content (AvgIpc) is 2.04. The highest BCUT2D eigenvalue weighted by Crippen LogP contribution is 2.12. The highest BCUT2D eigenvalue weighted by Gasteiger charge is 2.07. The molecule has 0 aromatic carbocycles. The van der Waals surface area contributed by atoms with Crippen LogP contribution in [0.2, 0.25) is 0 Å². The Labute approximate surface area is 72.7 Å². The van der Waals surface area contributed by atoms with Crippen molar-refractivity contribution in [3.8, 4) is 0 Å². The van der Waals surface area contributed by atoms with Crippen molar-refractivity contribution in [3.63, 3.8) is 0 Å². The third kappa shape index (κ3) is 1.85. The van der Waals surface area contributed by atoms with Crippen LogP contribution in [0.4, 0.5) is 0 Å².